The number of aromatic amines is 1. The van der Waals surface area contributed by atoms with Crippen LogP contribution >= 0.6 is 0 Å². The van der Waals surface area contributed by atoms with Gasteiger partial charge in [0.1, 0.15) is 23.1 Å². The second-order valence-electron chi connectivity index (χ2n) is 10.8. The molecular weight excluding hydrogens is 494 g/mol. The highest BCUT2D eigenvalue weighted by Crippen LogP contribution is 2.37. The third-order valence-electron chi connectivity index (χ3n) is 7.54. The fourth-order valence-electron chi connectivity index (χ4n) is 5.25. The molecule has 200 valence electrons. The maximum Gasteiger partial charge on any atom is 0.253 e. The molecule has 6 rings (SSSR count). The Morgan fingerprint density at radius 3 is 2.79 bits per heavy atom. The molecule has 1 amide bonds. The predicted molar refractivity (Wildman–Crippen MR) is 147 cm³/mol. The minimum Gasteiger partial charge on any atom is -0.486 e. The zero-order chi connectivity index (χ0) is 27.3. The lowest BCUT2D eigenvalue weighted by molar-refractivity contribution is -0.151. The van der Waals surface area contributed by atoms with E-state index in [4.69, 9.17) is 4.74 Å². The van der Waals surface area contributed by atoms with E-state index in [-0.39, 0.29) is 24.1 Å². The second-order valence-corrected chi connectivity index (χ2v) is 10.8. The van der Waals surface area contributed by atoms with Gasteiger partial charge in [-0.05, 0) is 57.9 Å². The molecule has 1 aliphatic rings. The van der Waals surface area contributed by atoms with E-state index in [9.17, 15) is 9.90 Å². The first-order valence-corrected chi connectivity index (χ1v) is 13.1. The van der Waals surface area contributed by atoms with Crippen LogP contribution in [0, 0.1) is 0 Å². The number of rotatable bonds is 7. The third kappa shape index (κ3) is 4.61. The van der Waals surface area contributed by atoms with Crippen LogP contribution in [-0.2, 0) is 4.79 Å². The van der Waals surface area contributed by atoms with E-state index in [1.165, 1.54) is 13.8 Å². The SMILES string of the molecule is CC(Oc1ccc2[nH]nc(-c3cnn(C4CC(N(C)C(=O)C(C)(C)O)C4)c3)c2c1)c1cccc2nccnc12. The molecule has 0 spiro atoms. The van der Waals surface area contributed by atoms with Gasteiger partial charge in [0.25, 0.3) is 5.91 Å². The number of aliphatic hydroxyl groups is 1. The van der Waals surface area contributed by atoms with Crippen LogP contribution < -0.4 is 4.74 Å². The first-order valence-electron chi connectivity index (χ1n) is 13.1. The molecule has 0 radical (unpaired) electrons. The van der Waals surface area contributed by atoms with Crippen molar-refractivity contribution < 1.29 is 14.6 Å². The van der Waals surface area contributed by atoms with Gasteiger partial charge in [-0.25, -0.2) is 0 Å². The van der Waals surface area contributed by atoms with Crippen molar-refractivity contribution in [2.45, 2.75) is 57.4 Å². The Hall–Kier alpha value is -4.31. The number of nitrogens with zero attached hydrogens (tertiary/aromatic N) is 6. The van der Waals surface area contributed by atoms with E-state index in [0.717, 1.165) is 57.3 Å². The molecule has 0 bridgehead atoms. The molecule has 39 heavy (non-hydrogen) atoms. The number of amides is 1. The second kappa shape index (κ2) is 9.46. The molecule has 3 heterocycles. The molecular formula is C29H31N7O3. The van der Waals surface area contributed by atoms with Gasteiger partial charge in [-0.1, -0.05) is 12.1 Å². The number of ether oxygens (including phenoxy) is 1. The van der Waals surface area contributed by atoms with Crippen molar-refractivity contribution in [1.29, 1.82) is 0 Å². The predicted octanol–water partition coefficient (Wildman–Crippen LogP) is 4.44. The summed E-state index contributed by atoms with van der Waals surface area (Å²) in [7, 11) is 1.75. The minimum absolute atomic E-state index is 0.0854. The first-order chi connectivity index (χ1) is 18.7. The fourth-order valence-corrected chi connectivity index (χ4v) is 5.25. The average molecular weight is 526 g/mol. The normalized spacial score (nSPS) is 18.2. The molecule has 2 N–H and O–H groups in total. The number of nitrogens with one attached hydrogen (secondary N) is 1. The van der Waals surface area contributed by atoms with Gasteiger partial charge in [0.15, 0.2) is 0 Å². The van der Waals surface area contributed by atoms with E-state index < -0.39 is 5.60 Å². The van der Waals surface area contributed by atoms with Crippen molar-refractivity contribution >= 4 is 27.8 Å². The largest absolute Gasteiger partial charge is 0.486 e. The van der Waals surface area contributed by atoms with Gasteiger partial charge in [-0.15, -0.1) is 0 Å². The Kier molecular flexibility index (Phi) is 6.06. The maximum absolute atomic E-state index is 12.4. The lowest BCUT2D eigenvalue weighted by Gasteiger charge is -2.42. The molecule has 5 aromatic rings. The van der Waals surface area contributed by atoms with E-state index in [1.54, 1.807) is 24.3 Å². The van der Waals surface area contributed by atoms with Gasteiger partial charge in [0.2, 0.25) is 0 Å². The van der Waals surface area contributed by atoms with Crippen molar-refractivity contribution in [1.82, 2.24) is 34.8 Å². The topological polar surface area (TPSA) is 122 Å². The Labute approximate surface area is 225 Å². The van der Waals surface area contributed by atoms with E-state index >= 15 is 0 Å². The monoisotopic (exact) mass is 525 g/mol. The van der Waals surface area contributed by atoms with Gasteiger partial charge in [-0.3, -0.25) is 24.5 Å². The van der Waals surface area contributed by atoms with E-state index in [1.807, 2.05) is 60.4 Å². The summed E-state index contributed by atoms with van der Waals surface area (Å²) < 4.78 is 8.29. The number of hydrogen-bond acceptors (Lipinski definition) is 7. The van der Waals surface area contributed by atoms with Crippen LogP contribution in [0.15, 0.2) is 61.2 Å². The van der Waals surface area contributed by atoms with Gasteiger partial charge in [0, 0.05) is 48.2 Å². The molecule has 1 aliphatic carbocycles. The minimum atomic E-state index is -1.37. The number of hydrogen-bond donors (Lipinski definition) is 2. The van der Waals surface area contributed by atoms with Crippen molar-refractivity contribution in [2.24, 2.45) is 0 Å². The number of fused-ring (bicyclic) bond motifs is 2. The average Bonchev–Trinajstić information content (AvgIpc) is 3.53. The van der Waals surface area contributed by atoms with Crippen molar-refractivity contribution in [3.8, 4) is 17.0 Å². The quantitative estimate of drug-likeness (QED) is 0.322. The van der Waals surface area contributed by atoms with Crippen molar-refractivity contribution in [3.05, 3.63) is 66.7 Å². The zero-order valence-corrected chi connectivity index (χ0v) is 22.4. The Bertz CT molecular complexity index is 1660. The number of aromatic nitrogens is 6. The Morgan fingerprint density at radius 2 is 2.00 bits per heavy atom. The molecule has 0 saturated heterocycles. The number of benzene rings is 2. The lowest BCUT2D eigenvalue weighted by Crippen LogP contribution is -2.52. The molecule has 1 fully saturated rings. The van der Waals surface area contributed by atoms with Crippen LogP contribution in [-0.4, -0.2) is 64.5 Å². The van der Waals surface area contributed by atoms with E-state index in [0.29, 0.717) is 0 Å². The van der Waals surface area contributed by atoms with Crippen LogP contribution in [0.1, 0.15) is 51.3 Å². The summed E-state index contributed by atoms with van der Waals surface area (Å²) >= 11 is 0. The summed E-state index contributed by atoms with van der Waals surface area (Å²) in [5.41, 5.74) is 3.88. The van der Waals surface area contributed by atoms with Gasteiger partial charge in [-0.2, -0.15) is 10.2 Å². The third-order valence-corrected chi connectivity index (χ3v) is 7.54. The molecule has 10 nitrogen and oxygen atoms in total. The maximum atomic E-state index is 12.4. The summed E-state index contributed by atoms with van der Waals surface area (Å²) in [6, 6.07) is 12.1. The number of likely N-dealkylation sites (N-methyl/N-ethyl adjacent to an activating group) is 1. The van der Waals surface area contributed by atoms with Crippen LogP contribution in [0.3, 0.4) is 0 Å². The van der Waals surface area contributed by atoms with Crippen molar-refractivity contribution in [3.63, 3.8) is 0 Å². The number of H-pyrrole nitrogens is 1. The van der Waals surface area contributed by atoms with Crippen LogP contribution in [0.25, 0.3) is 33.2 Å². The first kappa shape index (κ1) is 25.0. The molecule has 2 aromatic carbocycles. The van der Waals surface area contributed by atoms with Gasteiger partial charge < -0.3 is 14.7 Å². The fraction of sp³-hybridized carbons (Fsp3) is 0.345. The summed E-state index contributed by atoms with van der Waals surface area (Å²) in [5.74, 6) is 0.461. The summed E-state index contributed by atoms with van der Waals surface area (Å²) in [6.07, 6.45) is 8.55. The van der Waals surface area contributed by atoms with Crippen LogP contribution in [0.2, 0.25) is 0 Å². The van der Waals surface area contributed by atoms with E-state index in [2.05, 4.69) is 25.3 Å². The Morgan fingerprint density at radius 1 is 1.21 bits per heavy atom. The highest BCUT2D eigenvalue weighted by atomic mass is 16.5. The lowest BCUT2D eigenvalue weighted by atomic mass is 9.85. The van der Waals surface area contributed by atoms with Gasteiger partial charge in [0.05, 0.1) is 28.8 Å². The molecule has 1 saturated carbocycles. The smallest absolute Gasteiger partial charge is 0.253 e. The zero-order valence-electron chi connectivity index (χ0n) is 22.4. The van der Waals surface area contributed by atoms with Gasteiger partial charge >= 0.3 is 0 Å². The molecule has 1 atom stereocenters. The molecule has 1 unspecified atom stereocenters. The van der Waals surface area contributed by atoms with Crippen LogP contribution in [0.4, 0.5) is 0 Å². The highest BCUT2D eigenvalue weighted by molar-refractivity contribution is 5.93. The van der Waals surface area contributed by atoms with Crippen LogP contribution in [0.5, 0.6) is 5.75 Å². The number of para-hydroxylation sites is 1. The number of carbonyl (C=O) groups is 1. The van der Waals surface area contributed by atoms with Crippen molar-refractivity contribution in [2.75, 3.05) is 7.05 Å². The summed E-state index contributed by atoms with van der Waals surface area (Å²) in [6.45, 7) is 5.04. The summed E-state index contributed by atoms with van der Waals surface area (Å²) in [4.78, 5) is 22.9. The molecule has 10 heteroatoms. The Balaban J connectivity index is 1.19. The molecule has 3 aromatic heterocycles. The highest BCUT2D eigenvalue weighted by Gasteiger charge is 2.39. The standard InChI is InChI=1S/C29H31N7O3/c1-17(22-6-5-7-25-27(22)31-11-10-30-25)39-21-8-9-24-23(14-21)26(34-33-24)18-15-32-36(16-18)20-12-19(13-20)35(4)28(37)29(2,3)38/h5-11,14-17,19-20,38H,12-13H2,1-4H3,(H,33,34). The number of carbonyl (C=O) groups excluding carboxylic acids is 1. The summed E-state index contributed by atoms with van der Waals surface area (Å²) in [5, 5.41) is 23.2. The molecule has 0 aliphatic heterocycles.